The van der Waals surface area contributed by atoms with E-state index in [9.17, 15) is 0 Å². The van der Waals surface area contributed by atoms with Crippen LogP contribution in [0.2, 0.25) is 0 Å². The van der Waals surface area contributed by atoms with Crippen LogP contribution in [0.25, 0.3) is 0 Å². The highest BCUT2D eigenvalue weighted by atomic mass is 32.1. The summed E-state index contributed by atoms with van der Waals surface area (Å²) in [4.78, 5) is 8.66. The predicted octanol–water partition coefficient (Wildman–Crippen LogP) is 1.43. The second-order valence-electron chi connectivity index (χ2n) is 4.07. The maximum atomic E-state index is 5.00. The molecule has 5 nitrogen and oxygen atoms in total. The van der Waals surface area contributed by atoms with E-state index < -0.39 is 0 Å². The Bertz CT molecular complexity index is 480. The van der Waals surface area contributed by atoms with Crippen molar-refractivity contribution >= 4 is 11.3 Å². The topological polar surface area (TPSA) is 52.0 Å². The van der Waals surface area contributed by atoms with Crippen LogP contribution in [0, 0.1) is 6.92 Å². The lowest BCUT2D eigenvalue weighted by atomic mass is 10.4. The Morgan fingerprint density at radius 3 is 3.11 bits per heavy atom. The minimum atomic E-state index is 0.722. The van der Waals surface area contributed by atoms with Crippen LogP contribution >= 0.6 is 11.3 Å². The average molecular weight is 266 g/mol. The molecular weight excluding hydrogens is 248 g/mol. The van der Waals surface area contributed by atoms with E-state index in [-0.39, 0.29) is 0 Å². The van der Waals surface area contributed by atoms with Crippen LogP contribution in [0.15, 0.2) is 17.9 Å². The van der Waals surface area contributed by atoms with Gasteiger partial charge in [-0.25, -0.2) is 9.97 Å². The molecule has 0 fully saturated rings. The number of nitrogens with zero attached hydrogens (tertiary/aromatic N) is 3. The number of nitrogens with one attached hydrogen (secondary N) is 1. The molecule has 0 saturated carbocycles. The SMILES string of the molecule is COCCNCc1cncn1Cc1nc(C)cs1. The second-order valence-corrected chi connectivity index (χ2v) is 5.01. The Balaban J connectivity index is 1.91. The van der Waals surface area contributed by atoms with Crippen LogP contribution in [0.4, 0.5) is 0 Å². The fourth-order valence-electron chi connectivity index (χ4n) is 1.65. The minimum Gasteiger partial charge on any atom is -0.383 e. The van der Waals surface area contributed by atoms with Gasteiger partial charge in [0, 0.05) is 37.5 Å². The van der Waals surface area contributed by atoms with Crippen LogP contribution in [0.3, 0.4) is 0 Å². The molecule has 0 saturated heterocycles. The van der Waals surface area contributed by atoms with E-state index in [1.807, 2.05) is 19.4 Å². The Hall–Kier alpha value is -1.24. The number of aromatic nitrogens is 3. The molecule has 6 heteroatoms. The number of methoxy groups -OCH3 is 1. The summed E-state index contributed by atoms with van der Waals surface area (Å²) in [5, 5.41) is 6.50. The Morgan fingerprint density at radius 1 is 1.50 bits per heavy atom. The van der Waals surface area contributed by atoms with Gasteiger partial charge in [-0.15, -0.1) is 11.3 Å². The number of hydrogen-bond donors (Lipinski definition) is 1. The monoisotopic (exact) mass is 266 g/mol. The van der Waals surface area contributed by atoms with Gasteiger partial charge in [0.2, 0.25) is 0 Å². The van der Waals surface area contributed by atoms with Gasteiger partial charge in [0.05, 0.1) is 25.2 Å². The molecule has 0 amide bonds. The number of thiazole rings is 1. The molecule has 98 valence electrons. The quantitative estimate of drug-likeness (QED) is 0.770. The molecule has 0 radical (unpaired) electrons. The number of ether oxygens (including phenoxy) is 1. The fraction of sp³-hybridized carbons (Fsp3) is 0.500. The third kappa shape index (κ3) is 3.63. The highest BCUT2D eigenvalue weighted by molar-refractivity contribution is 7.09. The normalized spacial score (nSPS) is 11.0. The highest BCUT2D eigenvalue weighted by Crippen LogP contribution is 2.11. The van der Waals surface area contributed by atoms with Gasteiger partial charge in [-0.2, -0.15) is 0 Å². The van der Waals surface area contributed by atoms with E-state index in [0.717, 1.165) is 36.9 Å². The van der Waals surface area contributed by atoms with Gasteiger partial charge >= 0.3 is 0 Å². The number of hydrogen-bond acceptors (Lipinski definition) is 5. The first-order chi connectivity index (χ1) is 8.79. The van der Waals surface area contributed by atoms with Crippen molar-refractivity contribution in [3.8, 4) is 0 Å². The molecule has 2 heterocycles. The summed E-state index contributed by atoms with van der Waals surface area (Å²) in [7, 11) is 1.71. The smallest absolute Gasteiger partial charge is 0.113 e. The Kier molecular flexibility index (Phi) is 4.86. The second kappa shape index (κ2) is 6.63. The average Bonchev–Trinajstić information content (AvgIpc) is 2.95. The summed E-state index contributed by atoms with van der Waals surface area (Å²) in [5.41, 5.74) is 2.24. The molecule has 18 heavy (non-hydrogen) atoms. The summed E-state index contributed by atoms with van der Waals surface area (Å²) in [6.07, 6.45) is 3.74. The summed E-state index contributed by atoms with van der Waals surface area (Å²) in [5.74, 6) is 0. The zero-order valence-electron chi connectivity index (χ0n) is 10.7. The molecule has 0 unspecified atom stereocenters. The van der Waals surface area contributed by atoms with Gasteiger partial charge in [-0.05, 0) is 6.92 Å². The number of rotatable bonds is 7. The molecule has 1 N–H and O–H groups in total. The lowest BCUT2D eigenvalue weighted by Gasteiger charge is -2.07. The number of aryl methyl sites for hydroxylation is 1. The Morgan fingerprint density at radius 2 is 2.39 bits per heavy atom. The minimum absolute atomic E-state index is 0.722. The lowest BCUT2D eigenvalue weighted by Crippen LogP contribution is -2.20. The zero-order chi connectivity index (χ0) is 12.8. The van der Waals surface area contributed by atoms with Crippen LogP contribution in [-0.4, -0.2) is 34.8 Å². The third-order valence-corrected chi connectivity index (χ3v) is 3.51. The zero-order valence-corrected chi connectivity index (χ0v) is 11.5. The summed E-state index contributed by atoms with van der Waals surface area (Å²) >= 11 is 1.69. The van der Waals surface area contributed by atoms with Gasteiger partial charge in [0.15, 0.2) is 0 Å². The Labute approximate surface area is 111 Å². The summed E-state index contributed by atoms with van der Waals surface area (Å²) in [6, 6.07) is 0. The molecule has 2 aromatic rings. The lowest BCUT2D eigenvalue weighted by molar-refractivity contribution is 0.199. The van der Waals surface area contributed by atoms with Gasteiger partial charge in [-0.3, -0.25) is 0 Å². The van der Waals surface area contributed by atoms with E-state index in [2.05, 4.69) is 25.2 Å². The van der Waals surface area contributed by atoms with Gasteiger partial charge < -0.3 is 14.6 Å². The first kappa shape index (κ1) is 13.2. The van der Waals surface area contributed by atoms with Crippen LogP contribution in [-0.2, 0) is 17.8 Å². The van der Waals surface area contributed by atoms with E-state index in [1.165, 1.54) is 5.69 Å². The van der Waals surface area contributed by atoms with Gasteiger partial charge in [0.1, 0.15) is 5.01 Å². The standard InChI is InChI=1S/C12H18N4OS/c1-10-8-18-12(15-10)7-16-9-14-6-11(16)5-13-3-4-17-2/h6,8-9,13H,3-5,7H2,1-2H3. The van der Waals surface area contributed by atoms with Crippen molar-refractivity contribution in [1.29, 1.82) is 0 Å². The van der Waals surface area contributed by atoms with Crippen molar-refractivity contribution in [2.75, 3.05) is 20.3 Å². The van der Waals surface area contributed by atoms with Crippen LogP contribution in [0.1, 0.15) is 16.4 Å². The first-order valence-corrected chi connectivity index (χ1v) is 6.77. The molecule has 2 rings (SSSR count). The molecular formula is C12H18N4OS. The molecule has 0 atom stereocenters. The largest absolute Gasteiger partial charge is 0.383 e. The molecule has 0 spiro atoms. The molecule has 0 bridgehead atoms. The molecule has 0 aromatic carbocycles. The van der Waals surface area contributed by atoms with E-state index in [1.54, 1.807) is 18.4 Å². The van der Waals surface area contributed by atoms with Crippen molar-refractivity contribution in [2.24, 2.45) is 0 Å². The fourth-order valence-corrected chi connectivity index (χ4v) is 2.42. The van der Waals surface area contributed by atoms with Crippen molar-refractivity contribution in [3.05, 3.63) is 34.3 Å². The molecule has 0 aliphatic rings. The van der Waals surface area contributed by atoms with Crippen LogP contribution in [0.5, 0.6) is 0 Å². The van der Waals surface area contributed by atoms with Crippen molar-refractivity contribution in [2.45, 2.75) is 20.0 Å². The molecule has 0 aliphatic heterocycles. The molecule has 2 aromatic heterocycles. The van der Waals surface area contributed by atoms with E-state index in [0.29, 0.717) is 0 Å². The summed E-state index contributed by atoms with van der Waals surface area (Å²) < 4.78 is 7.12. The highest BCUT2D eigenvalue weighted by Gasteiger charge is 2.05. The summed E-state index contributed by atoms with van der Waals surface area (Å²) in [6.45, 7) is 5.17. The first-order valence-electron chi connectivity index (χ1n) is 5.89. The number of imidazole rings is 1. The third-order valence-electron chi connectivity index (χ3n) is 2.56. The van der Waals surface area contributed by atoms with Gasteiger partial charge in [-0.1, -0.05) is 0 Å². The van der Waals surface area contributed by atoms with Crippen molar-refractivity contribution in [1.82, 2.24) is 19.9 Å². The van der Waals surface area contributed by atoms with Gasteiger partial charge in [0.25, 0.3) is 0 Å². The maximum absolute atomic E-state index is 5.00. The van der Waals surface area contributed by atoms with Crippen molar-refractivity contribution < 1.29 is 4.74 Å². The van der Waals surface area contributed by atoms with E-state index >= 15 is 0 Å². The van der Waals surface area contributed by atoms with E-state index in [4.69, 9.17) is 4.74 Å². The predicted molar refractivity (Wildman–Crippen MR) is 71.8 cm³/mol. The maximum Gasteiger partial charge on any atom is 0.113 e. The molecule has 0 aliphatic carbocycles. The van der Waals surface area contributed by atoms with Crippen LogP contribution < -0.4 is 5.32 Å². The van der Waals surface area contributed by atoms with Crippen molar-refractivity contribution in [3.63, 3.8) is 0 Å².